The van der Waals surface area contributed by atoms with Gasteiger partial charge < -0.3 is 5.11 Å². The summed E-state index contributed by atoms with van der Waals surface area (Å²) in [4.78, 5) is 5.85. The van der Waals surface area contributed by atoms with Gasteiger partial charge in [0.25, 0.3) is 0 Å². The Kier molecular flexibility index (Phi) is 5.68. The average molecular weight is 368 g/mol. The predicted octanol–water partition coefficient (Wildman–Crippen LogP) is 1.07. The van der Waals surface area contributed by atoms with Crippen molar-refractivity contribution in [2.45, 2.75) is 12.6 Å². The summed E-state index contributed by atoms with van der Waals surface area (Å²) in [5.41, 5.74) is 0.738. The van der Waals surface area contributed by atoms with E-state index >= 15 is 0 Å². The standard InChI is InChI=1S/C13H19Cl2N3O3S/c1-17(2)22(20,21)8-9-5-18(7-13(9)19)6-10-11(14)3-16-4-12(10)15/h3-4,9,13,19H,5-8H2,1-2H3/t9-,13+/m0/s1. The van der Waals surface area contributed by atoms with Gasteiger partial charge in [-0.3, -0.25) is 9.88 Å². The highest BCUT2D eigenvalue weighted by Gasteiger charge is 2.35. The van der Waals surface area contributed by atoms with Crippen molar-refractivity contribution in [3.05, 3.63) is 28.0 Å². The molecule has 0 radical (unpaired) electrons. The van der Waals surface area contributed by atoms with E-state index in [1.54, 1.807) is 0 Å². The fourth-order valence-electron chi connectivity index (χ4n) is 2.47. The molecule has 1 aromatic heterocycles. The van der Waals surface area contributed by atoms with Gasteiger partial charge in [0.1, 0.15) is 0 Å². The van der Waals surface area contributed by atoms with Crippen LogP contribution in [0.15, 0.2) is 12.4 Å². The monoisotopic (exact) mass is 367 g/mol. The summed E-state index contributed by atoms with van der Waals surface area (Å²) >= 11 is 12.2. The zero-order chi connectivity index (χ0) is 16.5. The van der Waals surface area contributed by atoms with Crippen LogP contribution in [0.3, 0.4) is 0 Å². The van der Waals surface area contributed by atoms with E-state index in [0.717, 1.165) is 5.56 Å². The number of halogens is 2. The molecule has 2 atom stereocenters. The molecule has 0 saturated carbocycles. The van der Waals surface area contributed by atoms with Gasteiger partial charge >= 0.3 is 0 Å². The van der Waals surface area contributed by atoms with Gasteiger partial charge in [-0.15, -0.1) is 0 Å². The first-order valence-corrected chi connectivity index (χ1v) is 9.15. The van der Waals surface area contributed by atoms with Gasteiger partial charge in [0, 0.05) is 57.6 Å². The fourth-order valence-corrected chi connectivity index (χ4v) is 4.12. The number of aromatic nitrogens is 1. The Bertz CT molecular complexity index is 619. The van der Waals surface area contributed by atoms with Gasteiger partial charge in [0.05, 0.1) is 21.9 Å². The lowest BCUT2D eigenvalue weighted by Gasteiger charge is -2.18. The van der Waals surface area contributed by atoms with Gasteiger partial charge in [-0.2, -0.15) is 0 Å². The molecule has 1 saturated heterocycles. The van der Waals surface area contributed by atoms with Crippen LogP contribution < -0.4 is 0 Å². The van der Waals surface area contributed by atoms with Crippen molar-refractivity contribution in [1.82, 2.24) is 14.2 Å². The molecule has 1 aromatic rings. The first-order chi connectivity index (χ1) is 10.2. The van der Waals surface area contributed by atoms with Gasteiger partial charge in [-0.05, 0) is 0 Å². The molecule has 0 spiro atoms. The summed E-state index contributed by atoms with van der Waals surface area (Å²) in [7, 11) is -0.361. The minimum atomic E-state index is -3.34. The summed E-state index contributed by atoms with van der Waals surface area (Å²) in [5.74, 6) is -0.401. The van der Waals surface area contributed by atoms with E-state index in [0.29, 0.717) is 29.7 Å². The smallest absolute Gasteiger partial charge is 0.214 e. The molecule has 1 aliphatic heterocycles. The summed E-state index contributed by atoms with van der Waals surface area (Å²) in [5, 5.41) is 11.0. The molecule has 2 rings (SSSR count). The van der Waals surface area contributed by atoms with Crippen molar-refractivity contribution >= 4 is 33.2 Å². The minimum Gasteiger partial charge on any atom is -0.391 e. The van der Waals surface area contributed by atoms with E-state index in [9.17, 15) is 13.5 Å². The highest BCUT2D eigenvalue weighted by atomic mass is 35.5. The number of aliphatic hydroxyl groups is 1. The van der Waals surface area contributed by atoms with Gasteiger partial charge in [0.2, 0.25) is 10.0 Å². The van der Waals surface area contributed by atoms with Crippen molar-refractivity contribution in [3.63, 3.8) is 0 Å². The number of pyridine rings is 1. The number of hydrogen-bond acceptors (Lipinski definition) is 5. The number of likely N-dealkylation sites (tertiary alicyclic amines) is 1. The third-order valence-corrected chi connectivity index (χ3v) is 6.41. The van der Waals surface area contributed by atoms with Gasteiger partial charge in [-0.1, -0.05) is 23.2 Å². The Balaban J connectivity index is 2.05. The molecule has 0 bridgehead atoms. The fraction of sp³-hybridized carbons (Fsp3) is 0.615. The summed E-state index contributed by atoms with van der Waals surface area (Å²) < 4.78 is 25.1. The molecule has 0 aliphatic carbocycles. The SMILES string of the molecule is CN(C)S(=O)(=O)C[C@@H]1CN(Cc2c(Cl)cncc2Cl)C[C@H]1O. The molecule has 1 aliphatic rings. The molecule has 6 nitrogen and oxygen atoms in total. The second kappa shape index (κ2) is 6.98. The first-order valence-electron chi connectivity index (χ1n) is 6.79. The maximum Gasteiger partial charge on any atom is 0.214 e. The van der Waals surface area contributed by atoms with Crippen LogP contribution in [0.4, 0.5) is 0 Å². The Morgan fingerprint density at radius 2 is 1.91 bits per heavy atom. The lowest BCUT2D eigenvalue weighted by Crippen LogP contribution is -2.33. The third kappa shape index (κ3) is 4.10. The first kappa shape index (κ1) is 17.9. The summed E-state index contributed by atoms with van der Waals surface area (Å²) in [6.07, 6.45) is 2.35. The van der Waals surface area contributed by atoms with Crippen molar-refractivity contribution < 1.29 is 13.5 Å². The highest BCUT2D eigenvalue weighted by Crippen LogP contribution is 2.27. The maximum atomic E-state index is 12.0. The number of sulfonamides is 1. The molecular weight excluding hydrogens is 349 g/mol. The number of hydrogen-bond donors (Lipinski definition) is 1. The van der Waals surface area contributed by atoms with E-state index in [4.69, 9.17) is 23.2 Å². The maximum absolute atomic E-state index is 12.0. The van der Waals surface area contributed by atoms with Crippen LogP contribution in [0.25, 0.3) is 0 Å². The van der Waals surface area contributed by atoms with E-state index in [1.807, 2.05) is 4.90 Å². The Hall–Kier alpha value is -0.440. The average Bonchev–Trinajstić information content (AvgIpc) is 2.74. The van der Waals surface area contributed by atoms with Gasteiger partial charge in [-0.25, -0.2) is 12.7 Å². The quantitative estimate of drug-likeness (QED) is 0.842. The number of rotatable bonds is 5. The molecule has 1 fully saturated rings. The topological polar surface area (TPSA) is 73.7 Å². The van der Waals surface area contributed by atoms with Crippen LogP contribution in [0.2, 0.25) is 10.0 Å². The molecule has 22 heavy (non-hydrogen) atoms. The normalized spacial score (nSPS) is 23.4. The Labute approximate surface area is 140 Å². The molecule has 1 N–H and O–H groups in total. The lowest BCUT2D eigenvalue weighted by atomic mass is 10.1. The largest absolute Gasteiger partial charge is 0.391 e. The third-order valence-electron chi connectivity index (χ3n) is 3.80. The van der Waals surface area contributed by atoms with E-state index in [2.05, 4.69) is 4.98 Å². The molecule has 9 heteroatoms. The van der Waals surface area contributed by atoms with Gasteiger partial charge in [0.15, 0.2) is 0 Å². The van der Waals surface area contributed by atoms with Crippen molar-refractivity contribution in [1.29, 1.82) is 0 Å². The summed E-state index contributed by atoms with van der Waals surface area (Å²) in [6.45, 7) is 1.32. The van der Waals surface area contributed by atoms with Crippen LogP contribution >= 0.6 is 23.2 Å². The lowest BCUT2D eigenvalue weighted by molar-refractivity contribution is 0.148. The molecule has 0 aromatic carbocycles. The van der Waals surface area contributed by atoms with E-state index in [-0.39, 0.29) is 11.7 Å². The minimum absolute atomic E-state index is 0.0739. The molecule has 0 amide bonds. The van der Waals surface area contributed by atoms with Crippen LogP contribution in [0, 0.1) is 5.92 Å². The highest BCUT2D eigenvalue weighted by molar-refractivity contribution is 7.89. The molecule has 0 unspecified atom stereocenters. The zero-order valence-corrected chi connectivity index (χ0v) is 14.7. The van der Waals surface area contributed by atoms with Crippen molar-refractivity contribution in [2.24, 2.45) is 5.92 Å². The summed E-state index contributed by atoms with van der Waals surface area (Å²) in [6, 6.07) is 0. The molecule has 124 valence electrons. The van der Waals surface area contributed by atoms with Crippen LogP contribution in [0.5, 0.6) is 0 Å². The number of β-amino-alcohol motifs (C(OH)–C–C–N with tert-alkyl or cyclic N) is 1. The molecular formula is C13H19Cl2N3O3S. The molecule has 2 heterocycles. The Morgan fingerprint density at radius 1 is 1.32 bits per heavy atom. The van der Waals surface area contributed by atoms with Crippen LogP contribution in [-0.4, -0.2) is 66.8 Å². The number of aliphatic hydroxyl groups excluding tert-OH is 1. The van der Waals surface area contributed by atoms with Crippen LogP contribution in [-0.2, 0) is 16.6 Å². The second-order valence-electron chi connectivity index (χ2n) is 5.66. The predicted molar refractivity (Wildman–Crippen MR) is 86.5 cm³/mol. The van der Waals surface area contributed by atoms with Crippen molar-refractivity contribution in [2.75, 3.05) is 32.9 Å². The van der Waals surface area contributed by atoms with Crippen LogP contribution in [0.1, 0.15) is 5.56 Å². The second-order valence-corrected chi connectivity index (χ2v) is 8.71. The van der Waals surface area contributed by atoms with E-state index < -0.39 is 16.1 Å². The zero-order valence-electron chi connectivity index (χ0n) is 12.4. The van der Waals surface area contributed by atoms with E-state index in [1.165, 1.54) is 30.8 Å². The Morgan fingerprint density at radius 3 is 2.45 bits per heavy atom. The van der Waals surface area contributed by atoms with Crippen molar-refractivity contribution in [3.8, 4) is 0 Å². The number of nitrogens with zero attached hydrogens (tertiary/aromatic N) is 3.